The van der Waals surface area contributed by atoms with Gasteiger partial charge in [-0.25, -0.2) is 4.68 Å². The monoisotopic (exact) mass is 236 g/mol. The van der Waals surface area contributed by atoms with Crippen LogP contribution in [0.25, 0.3) is 0 Å². The topological polar surface area (TPSA) is 72.9 Å². The second-order valence-corrected chi connectivity index (χ2v) is 4.73. The fourth-order valence-electron chi connectivity index (χ4n) is 2.27. The highest BCUT2D eigenvalue weighted by atomic mass is 16.2. The number of hydrogen-bond acceptors (Lipinski definition) is 3. The van der Waals surface area contributed by atoms with Crippen LogP contribution in [0.4, 0.5) is 5.82 Å². The maximum Gasteiger partial charge on any atom is 0.242 e. The molecule has 1 amide bonds. The third kappa shape index (κ3) is 2.85. The van der Waals surface area contributed by atoms with Gasteiger partial charge in [0.15, 0.2) is 0 Å². The zero-order valence-corrected chi connectivity index (χ0v) is 10.2. The smallest absolute Gasteiger partial charge is 0.242 e. The van der Waals surface area contributed by atoms with Gasteiger partial charge in [-0.3, -0.25) is 4.79 Å². The Morgan fingerprint density at radius 2 is 2.24 bits per heavy atom. The van der Waals surface area contributed by atoms with Gasteiger partial charge in [-0.15, -0.1) is 0 Å². The molecule has 5 heteroatoms. The number of aromatic nitrogens is 2. The van der Waals surface area contributed by atoms with Crippen molar-refractivity contribution in [3.8, 4) is 0 Å². The molecule has 1 saturated carbocycles. The first-order chi connectivity index (χ1) is 8.18. The number of nitrogens with one attached hydrogen (secondary N) is 1. The highest BCUT2D eigenvalue weighted by molar-refractivity contribution is 5.93. The van der Waals surface area contributed by atoms with Crippen molar-refractivity contribution in [2.75, 3.05) is 5.32 Å². The molecular weight excluding hydrogens is 216 g/mol. The minimum absolute atomic E-state index is 0.164. The Kier molecular flexibility index (Phi) is 3.78. The van der Waals surface area contributed by atoms with E-state index in [1.165, 1.54) is 19.3 Å². The first kappa shape index (κ1) is 12.1. The standard InChI is InChI=1S/C12H20N4O/c1-9(13)12(17)15-11-7-8-14-16(11)10-5-3-2-4-6-10/h7-10H,2-6,13H2,1H3,(H,15,17). The SMILES string of the molecule is CC(N)C(=O)Nc1ccnn1C1CCCCC1. The van der Waals surface area contributed by atoms with Gasteiger partial charge in [0.1, 0.15) is 5.82 Å². The molecule has 1 aliphatic rings. The molecule has 5 nitrogen and oxygen atoms in total. The van der Waals surface area contributed by atoms with Crippen LogP contribution >= 0.6 is 0 Å². The molecule has 94 valence electrons. The molecule has 1 atom stereocenters. The predicted molar refractivity (Wildman–Crippen MR) is 66.6 cm³/mol. The Hall–Kier alpha value is -1.36. The summed E-state index contributed by atoms with van der Waals surface area (Å²) in [7, 11) is 0. The van der Waals surface area contributed by atoms with Gasteiger partial charge in [0.2, 0.25) is 5.91 Å². The van der Waals surface area contributed by atoms with Crippen LogP contribution in [0.5, 0.6) is 0 Å². The molecule has 0 saturated heterocycles. The van der Waals surface area contributed by atoms with E-state index < -0.39 is 6.04 Å². The molecule has 0 radical (unpaired) electrons. The normalized spacial score (nSPS) is 18.9. The summed E-state index contributed by atoms with van der Waals surface area (Å²) in [6.45, 7) is 1.68. The fourth-order valence-corrected chi connectivity index (χ4v) is 2.27. The minimum atomic E-state index is -0.496. The van der Waals surface area contributed by atoms with E-state index in [0.717, 1.165) is 18.7 Å². The molecular formula is C12H20N4O. The lowest BCUT2D eigenvalue weighted by atomic mass is 9.96. The van der Waals surface area contributed by atoms with Crippen LogP contribution in [-0.2, 0) is 4.79 Å². The first-order valence-electron chi connectivity index (χ1n) is 6.28. The van der Waals surface area contributed by atoms with Crippen LogP contribution < -0.4 is 11.1 Å². The predicted octanol–water partition coefficient (Wildman–Crippen LogP) is 1.67. The summed E-state index contributed by atoms with van der Waals surface area (Å²) in [5.41, 5.74) is 5.54. The van der Waals surface area contributed by atoms with Gasteiger partial charge in [-0.05, 0) is 19.8 Å². The van der Waals surface area contributed by atoms with E-state index in [9.17, 15) is 4.79 Å². The van der Waals surface area contributed by atoms with Crippen molar-refractivity contribution >= 4 is 11.7 Å². The maximum absolute atomic E-state index is 11.6. The van der Waals surface area contributed by atoms with Crippen molar-refractivity contribution in [2.45, 2.75) is 51.1 Å². The van der Waals surface area contributed by atoms with E-state index in [2.05, 4.69) is 10.4 Å². The van der Waals surface area contributed by atoms with Gasteiger partial charge < -0.3 is 11.1 Å². The Labute approximate surface area is 101 Å². The van der Waals surface area contributed by atoms with Crippen molar-refractivity contribution < 1.29 is 4.79 Å². The Morgan fingerprint density at radius 1 is 1.53 bits per heavy atom. The number of rotatable bonds is 3. The van der Waals surface area contributed by atoms with Crippen molar-refractivity contribution in [3.63, 3.8) is 0 Å². The highest BCUT2D eigenvalue weighted by Gasteiger charge is 2.19. The summed E-state index contributed by atoms with van der Waals surface area (Å²) in [4.78, 5) is 11.6. The Balaban J connectivity index is 2.08. The number of hydrogen-bond donors (Lipinski definition) is 2. The van der Waals surface area contributed by atoms with Crippen molar-refractivity contribution in [1.29, 1.82) is 0 Å². The van der Waals surface area contributed by atoms with E-state index in [1.54, 1.807) is 13.1 Å². The average Bonchev–Trinajstić information content (AvgIpc) is 2.78. The van der Waals surface area contributed by atoms with E-state index in [1.807, 2.05) is 10.7 Å². The number of nitrogens with two attached hydrogens (primary N) is 1. The third-order valence-electron chi connectivity index (χ3n) is 3.26. The van der Waals surface area contributed by atoms with E-state index in [0.29, 0.717) is 6.04 Å². The van der Waals surface area contributed by atoms with Crippen LogP contribution in [0.1, 0.15) is 45.1 Å². The van der Waals surface area contributed by atoms with Gasteiger partial charge in [-0.1, -0.05) is 19.3 Å². The molecule has 0 aromatic carbocycles. The van der Waals surface area contributed by atoms with E-state index >= 15 is 0 Å². The lowest BCUT2D eigenvalue weighted by Crippen LogP contribution is -2.33. The molecule has 17 heavy (non-hydrogen) atoms. The summed E-state index contributed by atoms with van der Waals surface area (Å²) in [6.07, 6.45) is 7.80. The lowest BCUT2D eigenvalue weighted by Gasteiger charge is -2.24. The highest BCUT2D eigenvalue weighted by Crippen LogP contribution is 2.29. The Bertz CT molecular complexity index is 380. The second kappa shape index (κ2) is 5.31. The van der Waals surface area contributed by atoms with Gasteiger partial charge in [0.25, 0.3) is 0 Å². The molecule has 1 aliphatic carbocycles. The zero-order valence-electron chi connectivity index (χ0n) is 10.2. The first-order valence-corrected chi connectivity index (χ1v) is 6.28. The molecule has 0 bridgehead atoms. The molecule has 1 aromatic rings. The molecule has 1 aromatic heterocycles. The molecule has 0 aliphatic heterocycles. The van der Waals surface area contributed by atoms with Crippen LogP contribution in [0.3, 0.4) is 0 Å². The molecule has 1 heterocycles. The number of anilines is 1. The van der Waals surface area contributed by atoms with E-state index in [-0.39, 0.29) is 5.91 Å². The zero-order chi connectivity index (χ0) is 12.3. The molecule has 1 unspecified atom stereocenters. The summed E-state index contributed by atoms with van der Waals surface area (Å²) < 4.78 is 1.93. The maximum atomic E-state index is 11.6. The summed E-state index contributed by atoms with van der Waals surface area (Å²) in [5.74, 6) is 0.599. The molecule has 0 spiro atoms. The third-order valence-corrected chi connectivity index (χ3v) is 3.26. The molecule has 2 rings (SSSR count). The fraction of sp³-hybridized carbons (Fsp3) is 0.667. The van der Waals surface area contributed by atoms with Crippen molar-refractivity contribution in [3.05, 3.63) is 12.3 Å². The molecule has 1 fully saturated rings. The largest absolute Gasteiger partial charge is 0.320 e. The summed E-state index contributed by atoms with van der Waals surface area (Å²) >= 11 is 0. The van der Waals surface area contributed by atoms with Gasteiger partial charge in [0, 0.05) is 6.07 Å². The minimum Gasteiger partial charge on any atom is -0.320 e. The van der Waals surface area contributed by atoms with Crippen LogP contribution in [0.2, 0.25) is 0 Å². The second-order valence-electron chi connectivity index (χ2n) is 4.73. The summed E-state index contributed by atoms with van der Waals surface area (Å²) in [6, 6.07) is 1.75. The Morgan fingerprint density at radius 3 is 2.88 bits per heavy atom. The number of amides is 1. The summed E-state index contributed by atoms with van der Waals surface area (Å²) in [5, 5.41) is 7.14. The lowest BCUT2D eigenvalue weighted by molar-refractivity contribution is -0.117. The number of carbonyl (C=O) groups is 1. The number of carbonyl (C=O) groups excluding carboxylic acids is 1. The van der Waals surface area contributed by atoms with Gasteiger partial charge in [-0.2, -0.15) is 5.10 Å². The molecule has 3 N–H and O–H groups in total. The van der Waals surface area contributed by atoms with Crippen LogP contribution in [0.15, 0.2) is 12.3 Å². The van der Waals surface area contributed by atoms with Crippen molar-refractivity contribution in [1.82, 2.24) is 9.78 Å². The average molecular weight is 236 g/mol. The van der Waals surface area contributed by atoms with Crippen molar-refractivity contribution in [2.24, 2.45) is 5.73 Å². The number of nitrogens with zero attached hydrogens (tertiary/aromatic N) is 2. The quantitative estimate of drug-likeness (QED) is 0.838. The van der Waals surface area contributed by atoms with Gasteiger partial charge in [0.05, 0.1) is 18.3 Å². The van der Waals surface area contributed by atoms with Crippen LogP contribution in [-0.4, -0.2) is 21.7 Å². The van der Waals surface area contributed by atoms with E-state index in [4.69, 9.17) is 5.73 Å². The van der Waals surface area contributed by atoms with Crippen LogP contribution in [0, 0.1) is 0 Å². The van der Waals surface area contributed by atoms with Gasteiger partial charge >= 0.3 is 0 Å².